The summed E-state index contributed by atoms with van der Waals surface area (Å²) in [5.74, 6) is -0.0383. The average Bonchev–Trinajstić information content (AvgIpc) is 2.53. The first-order chi connectivity index (χ1) is 10.2. The van der Waals surface area contributed by atoms with E-state index in [9.17, 15) is 4.79 Å². The number of nitrogens with two attached hydrogens (primary N) is 1. The number of hydrogen-bond donors (Lipinski definition) is 1. The van der Waals surface area contributed by atoms with Gasteiger partial charge in [-0.3, -0.25) is 4.79 Å². The molecule has 2 aromatic rings. The Bertz CT molecular complexity index is 669. The number of fused-ring (bicyclic) bond motifs is 1. The first kappa shape index (κ1) is 13.8. The van der Waals surface area contributed by atoms with Crippen LogP contribution in [0, 0.1) is 6.92 Å². The van der Waals surface area contributed by atoms with E-state index in [-0.39, 0.29) is 11.9 Å². The van der Waals surface area contributed by atoms with Gasteiger partial charge in [0, 0.05) is 18.8 Å². The molecule has 4 heteroatoms. The highest BCUT2D eigenvalue weighted by Gasteiger charge is 2.30. The normalized spacial score (nSPS) is 17.4. The third-order valence-corrected chi connectivity index (χ3v) is 4.00. The molecular formula is C17H19N3O. The SMILES string of the molecule is Cc1cccc(C(=O)N2CCc3ccccc3C2CN)n1. The van der Waals surface area contributed by atoms with Crippen molar-refractivity contribution in [1.82, 2.24) is 9.88 Å². The van der Waals surface area contributed by atoms with Crippen LogP contribution >= 0.6 is 0 Å². The first-order valence-electron chi connectivity index (χ1n) is 7.23. The molecule has 0 fully saturated rings. The molecule has 108 valence electrons. The molecule has 1 unspecified atom stereocenters. The molecule has 0 bridgehead atoms. The largest absolute Gasteiger partial charge is 0.329 e. The van der Waals surface area contributed by atoms with E-state index in [4.69, 9.17) is 5.73 Å². The van der Waals surface area contributed by atoms with Crippen LogP contribution in [0.15, 0.2) is 42.5 Å². The fourth-order valence-electron chi connectivity index (χ4n) is 2.96. The van der Waals surface area contributed by atoms with Crippen molar-refractivity contribution in [1.29, 1.82) is 0 Å². The Balaban J connectivity index is 1.94. The molecule has 2 N–H and O–H groups in total. The average molecular weight is 281 g/mol. The van der Waals surface area contributed by atoms with Crippen LogP contribution in [0.2, 0.25) is 0 Å². The fourth-order valence-corrected chi connectivity index (χ4v) is 2.96. The molecule has 2 heterocycles. The van der Waals surface area contributed by atoms with Crippen molar-refractivity contribution in [2.45, 2.75) is 19.4 Å². The van der Waals surface area contributed by atoms with Crippen LogP contribution in [0.25, 0.3) is 0 Å². The summed E-state index contributed by atoms with van der Waals surface area (Å²) >= 11 is 0. The molecule has 0 radical (unpaired) electrons. The number of amides is 1. The zero-order valence-electron chi connectivity index (χ0n) is 12.1. The number of pyridine rings is 1. The van der Waals surface area contributed by atoms with Gasteiger partial charge < -0.3 is 10.6 Å². The molecule has 0 spiro atoms. The lowest BCUT2D eigenvalue weighted by Gasteiger charge is -2.36. The van der Waals surface area contributed by atoms with E-state index in [1.54, 1.807) is 6.07 Å². The molecule has 0 saturated heterocycles. The highest BCUT2D eigenvalue weighted by Crippen LogP contribution is 2.29. The molecule has 4 nitrogen and oxygen atoms in total. The van der Waals surface area contributed by atoms with Gasteiger partial charge in [0.15, 0.2) is 0 Å². The van der Waals surface area contributed by atoms with Crippen molar-refractivity contribution in [2.24, 2.45) is 5.73 Å². The Kier molecular flexibility index (Phi) is 3.71. The molecule has 1 aliphatic rings. The van der Waals surface area contributed by atoms with Crippen molar-refractivity contribution in [3.05, 3.63) is 65.0 Å². The molecule has 1 aromatic carbocycles. The van der Waals surface area contributed by atoms with E-state index < -0.39 is 0 Å². The zero-order chi connectivity index (χ0) is 14.8. The summed E-state index contributed by atoms with van der Waals surface area (Å²) < 4.78 is 0. The predicted octanol–water partition coefficient (Wildman–Crippen LogP) is 2.09. The third kappa shape index (κ3) is 2.54. The van der Waals surface area contributed by atoms with Crippen LogP contribution in [0.4, 0.5) is 0 Å². The van der Waals surface area contributed by atoms with Crippen molar-refractivity contribution >= 4 is 5.91 Å². The van der Waals surface area contributed by atoms with Gasteiger partial charge in [-0.25, -0.2) is 4.98 Å². The lowest BCUT2D eigenvalue weighted by Crippen LogP contribution is -2.43. The monoisotopic (exact) mass is 281 g/mol. The molecule has 1 atom stereocenters. The summed E-state index contributed by atoms with van der Waals surface area (Å²) in [4.78, 5) is 18.9. The summed E-state index contributed by atoms with van der Waals surface area (Å²) in [6, 6.07) is 13.7. The number of carbonyl (C=O) groups is 1. The standard InChI is InChI=1S/C17H19N3O/c1-12-5-4-8-15(19-12)17(21)20-10-9-13-6-2-3-7-14(13)16(20)11-18/h2-8,16H,9-11,18H2,1H3. The Morgan fingerprint density at radius 2 is 2.10 bits per heavy atom. The maximum atomic E-state index is 12.7. The number of aromatic nitrogens is 1. The molecule has 0 aliphatic carbocycles. The second kappa shape index (κ2) is 5.66. The first-order valence-corrected chi connectivity index (χ1v) is 7.23. The van der Waals surface area contributed by atoms with Gasteiger partial charge in [-0.05, 0) is 36.6 Å². The van der Waals surface area contributed by atoms with Gasteiger partial charge in [0.1, 0.15) is 5.69 Å². The summed E-state index contributed by atoms with van der Waals surface area (Å²) in [6.07, 6.45) is 0.865. The van der Waals surface area contributed by atoms with Crippen molar-refractivity contribution in [2.75, 3.05) is 13.1 Å². The zero-order valence-corrected chi connectivity index (χ0v) is 12.1. The summed E-state index contributed by atoms with van der Waals surface area (Å²) in [7, 11) is 0. The maximum Gasteiger partial charge on any atom is 0.273 e. The van der Waals surface area contributed by atoms with Gasteiger partial charge in [-0.15, -0.1) is 0 Å². The van der Waals surface area contributed by atoms with E-state index in [1.807, 2.05) is 36.1 Å². The van der Waals surface area contributed by atoms with Crippen LogP contribution in [0.3, 0.4) is 0 Å². The number of nitrogens with zero attached hydrogens (tertiary/aromatic N) is 2. The minimum Gasteiger partial charge on any atom is -0.329 e. The van der Waals surface area contributed by atoms with Crippen molar-refractivity contribution in [3.8, 4) is 0 Å². The lowest BCUT2D eigenvalue weighted by atomic mass is 9.92. The van der Waals surface area contributed by atoms with E-state index in [1.165, 1.54) is 5.56 Å². The summed E-state index contributed by atoms with van der Waals surface area (Å²) in [6.45, 7) is 3.00. The summed E-state index contributed by atoms with van der Waals surface area (Å²) in [5.41, 5.74) is 9.73. The Labute approximate surface area is 124 Å². The van der Waals surface area contributed by atoms with Crippen molar-refractivity contribution < 1.29 is 4.79 Å². The van der Waals surface area contributed by atoms with Gasteiger partial charge in [-0.2, -0.15) is 0 Å². The van der Waals surface area contributed by atoms with Crippen LogP contribution in [-0.2, 0) is 6.42 Å². The van der Waals surface area contributed by atoms with Gasteiger partial charge >= 0.3 is 0 Å². The van der Waals surface area contributed by atoms with Crippen molar-refractivity contribution in [3.63, 3.8) is 0 Å². The lowest BCUT2D eigenvalue weighted by molar-refractivity contribution is 0.0661. The van der Waals surface area contributed by atoms with Crippen LogP contribution < -0.4 is 5.73 Å². The fraction of sp³-hybridized carbons (Fsp3) is 0.294. The molecular weight excluding hydrogens is 262 g/mol. The smallest absolute Gasteiger partial charge is 0.273 e. The number of aryl methyl sites for hydroxylation is 1. The predicted molar refractivity (Wildman–Crippen MR) is 82.0 cm³/mol. The number of rotatable bonds is 2. The van der Waals surface area contributed by atoms with E-state index in [2.05, 4.69) is 17.1 Å². The van der Waals surface area contributed by atoms with Gasteiger partial charge in [0.05, 0.1) is 6.04 Å². The maximum absolute atomic E-state index is 12.7. The minimum atomic E-state index is -0.0650. The van der Waals surface area contributed by atoms with Gasteiger partial charge in [0.25, 0.3) is 5.91 Å². The number of benzene rings is 1. The van der Waals surface area contributed by atoms with Gasteiger partial charge in [-0.1, -0.05) is 30.3 Å². The highest BCUT2D eigenvalue weighted by molar-refractivity contribution is 5.92. The highest BCUT2D eigenvalue weighted by atomic mass is 16.2. The van der Waals surface area contributed by atoms with Gasteiger partial charge in [0.2, 0.25) is 0 Å². The van der Waals surface area contributed by atoms with E-state index >= 15 is 0 Å². The Hall–Kier alpha value is -2.20. The quantitative estimate of drug-likeness (QED) is 0.917. The molecule has 1 aliphatic heterocycles. The molecule has 1 amide bonds. The molecule has 1 aromatic heterocycles. The number of carbonyl (C=O) groups excluding carboxylic acids is 1. The minimum absolute atomic E-state index is 0.0383. The number of hydrogen-bond acceptors (Lipinski definition) is 3. The van der Waals surface area contributed by atoms with E-state index in [0.29, 0.717) is 18.8 Å². The van der Waals surface area contributed by atoms with Crippen LogP contribution in [-0.4, -0.2) is 28.9 Å². The molecule has 21 heavy (non-hydrogen) atoms. The van der Waals surface area contributed by atoms with E-state index in [0.717, 1.165) is 17.7 Å². The van der Waals surface area contributed by atoms with Crippen LogP contribution in [0.1, 0.15) is 33.4 Å². The topological polar surface area (TPSA) is 59.2 Å². The second-order valence-electron chi connectivity index (χ2n) is 5.36. The Morgan fingerprint density at radius 3 is 2.86 bits per heavy atom. The Morgan fingerprint density at radius 1 is 1.29 bits per heavy atom. The van der Waals surface area contributed by atoms with Crippen LogP contribution in [0.5, 0.6) is 0 Å². The second-order valence-corrected chi connectivity index (χ2v) is 5.36. The third-order valence-electron chi connectivity index (χ3n) is 4.00. The summed E-state index contributed by atoms with van der Waals surface area (Å²) in [5, 5.41) is 0. The molecule has 0 saturated carbocycles. The molecule has 3 rings (SSSR count).